The van der Waals surface area contributed by atoms with E-state index in [4.69, 9.17) is 10.5 Å². The summed E-state index contributed by atoms with van der Waals surface area (Å²) in [5.41, 5.74) is 10.0. The van der Waals surface area contributed by atoms with Crippen LogP contribution in [0.15, 0.2) is 48.5 Å². The lowest BCUT2D eigenvalue weighted by molar-refractivity contribution is 0.207. The summed E-state index contributed by atoms with van der Waals surface area (Å²) in [6.07, 6.45) is 5.42. The van der Waals surface area contributed by atoms with Crippen LogP contribution in [0, 0.1) is 5.82 Å². The van der Waals surface area contributed by atoms with Gasteiger partial charge in [-0.2, -0.15) is 9.67 Å². The molecule has 0 unspecified atom stereocenters. The zero-order valence-corrected chi connectivity index (χ0v) is 22.3. The number of aromatic nitrogens is 5. The van der Waals surface area contributed by atoms with E-state index in [-0.39, 0.29) is 17.7 Å². The second-order valence-corrected chi connectivity index (χ2v) is 10.6. The second-order valence-electron chi connectivity index (χ2n) is 10.6. The molecule has 2 aromatic carbocycles. The molecule has 2 aromatic heterocycles. The fraction of sp³-hybridized carbons (Fsp3) is 0.379. The highest BCUT2D eigenvalue weighted by molar-refractivity contribution is 5.71. The average molecular weight is 542 g/mol. The Morgan fingerprint density at radius 3 is 2.62 bits per heavy atom. The van der Waals surface area contributed by atoms with Gasteiger partial charge in [-0.3, -0.25) is 0 Å². The topological polar surface area (TPSA) is 110 Å². The number of anilines is 4. The first kappa shape index (κ1) is 24.8. The third kappa shape index (κ3) is 4.70. The van der Waals surface area contributed by atoms with Crippen molar-refractivity contribution in [3.8, 4) is 22.8 Å². The number of ether oxygens (including phenoxy) is 1. The number of nitrogens with zero attached hydrogens (tertiary/aromatic N) is 7. The number of likely N-dealkylation sites (tertiary alicyclic amines) is 1. The minimum absolute atomic E-state index is 0.153. The lowest BCUT2D eigenvalue weighted by Gasteiger charge is -2.37. The molecule has 7 rings (SSSR count). The molecule has 2 saturated heterocycles. The van der Waals surface area contributed by atoms with Gasteiger partial charge in [0.1, 0.15) is 17.3 Å². The Kier molecular flexibility index (Phi) is 6.43. The van der Waals surface area contributed by atoms with Crippen LogP contribution in [0.2, 0.25) is 0 Å². The van der Waals surface area contributed by atoms with E-state index in [1.54, 1.807) is 0 Å². The van der Waals surface area contributed by atoms with E-state index in [1.165, 1.54) is 36.7 Å². The molecule has 2 fully saturated rings. The van der Waals surface area contributed by atoms with E-state index in [0.29, 0.717) is 36.3 Å². The highest BCUT2D eigenvalue weighted by Gasteiger charge is 2.27. The molecule has 5 heterocycles. The van der Waals surface area contributed by atoms with Gasteiger partial charge >= 0.3 is 0 Å². The Bertz CT molecular complexity index is 1530. The Labute approximate surface area is 232 Å². The molecule has 10 nitrogen and oxygen atoms in total. The molecule has 11 heteroatoms. The first-order valence-corrected chi connectivity index (χ1v) is 14.0. The first-order chi connectivity index (χ1) is 19.6. The summed E-state index contributed by atoms with van der Waals surface area (Å²) in [6.45, 7) is 4.68. The summed E-state index contributed by atoms with van der Waals surface area (Å²) >= 11 is 0. The number of nitrogens with one attached hydrogen (secondary N) is 1. The maximum atomic E-state index is 15.2. The van der Waals surface area contributed by atoms with E-state index in [2.05, 4.69) is 35.4 Å². The fourth-order valence-corrected chi connectivity index (χ4v) is 6.09. The number of para-hydroxylation sites is 1. The van der Waals surface area contributed by atoms with Gasteiger partial charge < -0.3 is 25.6 Å². The Morgan fingerprint density at radius 1 is 0.975 bits per heavy atom. The Balaban J connectivity index is 1.06. The van der Waals surface area contributed by atoms with Crippen molar-refractivity contribution in [2.45, 2.75) is 38.1 Å². The molecule has 40 heavy (non-hydrogen) atoms. The minimum atomic E-state index is -0.267. The average Bonchev–Trinajstić information content (AvgIpc) is 3.59. The minimum Gasteiger partial charge on any atom is -0.493 e. The van der Waals surface area contributed by atoms with Gasteiger partial charge in [0.15, 0.2) is 5.82 Å². The number of hydrogen-bond acceptors (Lipinski definition) is 9. The van der Waals surface area contributed by atoms with Crippen LogP contribution in [0.4, 0.5) is 27.7 Å². The third-order valence-electron chi connectivity index (χ3n) is 8.15. The summed E-state index contributed by atoms with van der Waals surface area (Å²) in [4.78, 5) is 9.08. The van der Waals surface area contributed by atoms with Crippen LogP contribution in [-0.2, 0) is 6.42 Å². The van der Waals surface area contributed by atoms with Gasteiger partial charge in [-0.15, -0.1) is 15.3 Å². The van der Waals surface area contributed by atoms with E-state index in [1.807, 2.05) is 42.5 Å². The summed E-state index contributed by atoms with van der Waals surface area (Å²) in [5.74, 6) is 1.38. The Hall–Kier alpha value is -4.25. The second kappa shape index (κ2) is 10.4. The van der Waals surface area contributed by atoms with Crippen LogP contribution in [0.1, 0.15) is 31.2 Å². The first-order valence-electron chi connectivity index (χ1n) is 14.0. The summed E-state index contributed by atoms with van der Waals surface area (Å²) in [7, 11) is 0. The summed E-state index contributed by atoms with van der Waals surface area (Å²) in [5, 5.41) is 16.4. The number of benzene rings is 2. The van der Waals surface area contributed by atoms with Crippen LogP contribution in [0.3, 0.4) is 0 Å². The zero-order chi connectivity index (χ0) is 27.1. The Morgan fingerprint density at radius 2 is 1.80 bits per heavy atom. The molecule has 0 radical (unpaired) electrons. The van der Waals surface area contributed by atoms with Crippen molar-refractivity contribution in [3.63, 3.8) is 0 Å². The summed E-state index contributed by atoms with van der Waals surface area (Å²) < 4.78 is 22.5. The van der Waals surface area contributed by atoms with Crippen LogP contribution in [-0.4, -0.2) is 68.7 Å². The smallest absolute Gasteiger partial charge is 0.248 e. The van der Waals surface area contributed by atoms with Gasteiger partial charge in [0.2, 0.25) is 11.9 Å². The lowest BCUT2D eigenvalue weighted by atomic mass is 10.0. The largest absolute Gasteiger partial charge is 0.493 e. The normalized spacial score (nSPS) is 17.7. The molecule has 3 aliphatic rings. The van der Waals surface area contributed by atoms with E-state index < -0.39 is 0 Å². The molecule has 3 aliphatic heterocycles. The molecule has 0 amide bonds. The number of nitrogen functional groups attached to an aromatic ring is 1. The van der Waals surface area contributed by atoms with Crippen molar-refractivity contribution in [1.29, 1.82) is 0 Å². The monoisotopic (exact) mass is 541 g/mol. The zero-order valence-electron chi connectivity index (χ0n) is 22.3. The van der Waals surface area contributed by atoms with Crippen molar-refractivity contribution < 1.29 is 9.13 Å². The standard InChI is InChI=1S/C29H32FN9O/c30-23-18-20(7-8-24(23)38-14-9-21(10-15-38)37-12-3-4-13-37)32-29-33-28(31)39(36-29)26-17-19-11-16-40-25-6-2-1-5-22(25)27(19)35-34-26/h1-2,5-8,17-18,21H,3-4,9-16H2,(H3,31,32,33,36). The van der Waals surface area contributed by atoms with E-state index in [9.17, 15) is 0 Å². The van der Waals surface area contributed by atoms with Gasteiger partial charge in [-0.05, 0) is 80.7 Å². The molecule has 4 aromatic rings. The predicted molar refractivity (Wildman–Crippen MR) is 152 cm³/mol. The predicted octanol–water partition coefficient (Wildman–Crippen LogP) is 4.19. The van der Waals surface area contributed by atoms with Crippen molar-refractivity contribution in [1.82, 2.24) is 29.9 Å². The number of rotatable bonds is 5. The number of fused-ring (bicyclic) bond motifs is 3. The molecule has 0 bridgehead atoms. The summed E-state index contributed by atoms with van der Waals surface area (Å²) in [6, 6.07) is 15.5. The molecule has 206 valence electrons. The van der Waals surface area contributed by atoms with Crippen LogP contribution in [0.5, 0.6) is 5.75 Å². The highest BCUT2D eigenvalue weighted by atomic mass is 19.1. The molecule has 0 atom stereocenters. The lowest BCUT2D eigenvalue weighted by Crippen LogP contribution is -2.44. The molecular formula is C29H32FN9O. The number of piperidine rings is 1. The fourth-order valence-electron chi connectivity index (χ4n) is 6.09. The van der Waals surface area contributed by atoms with Crippen LogP contribution < -0.4 is 20.7 Å². The van der Waals surface area contributed by atoms with Crippen LogP contribution in [0.25, 0.3) is 17.1 Å². The SMILES string of the molecule is Nc1nc(Nc2ccc(N3CCC(N4CCCC4)CC3)c(F)c2)nn1-c1cc2c(nn1)-c1ccccc1OCC2. The van der Waals surface area contributed by atoms with Crippen molar-refractivity contribution in [3.05, 3.63) is 59.9 Å². The third-order valence-corrected chi connectivity index (χ3v) is 8.15. The van der Waals surface area contributed by atoms with Gasteiger partial charge in [0, 0.05) is 36.8 Å². The number of nitrogens with two attached hydrogens (primary N) is 1. The van der Waals surface area contributed by atoms with Gasteiger partial charge in [-0.1, -0.05) is 12.1 Å². The van der Waals surface area contributed by atoms with Gasteiger partial charge in [0.05, 0.1) is 12.3 Å². The number of halogens is 1. The molecular weight excluding hydrogens is 509 g/mol. The molecule has 0 saturated carbocycles. The van der Waals surface area contributed by atoms with Crippen molar-refractivity contribution >= 4 is 23.3 Å². The molecule has 0 spiro atoms. The van der Waals surface area contributed by atoms with E-state index >= 15 is 4.39 Å². The van der Waals surface area contributed by atoms with Gasteiger partial charge in [-0.25, -0.2) is 4.39 Å². The number of hydrogen-bond donors (Lipinski definition) is 2. The van der Waals surface area contributed by atoms with Gasteiger partial charge in [0.25, 0.3) is 0 Å². The highest BCUT2D eigenvalue weighted by Crippen LogP contribution is 2.34. The van der Waals surface area contributed by atoms with Crippen molar-refractivity contribution in [2.75, 3.05) is 48.7 Å². The molecule has 3 N–H and O–H groups in total. The van der Waals surface area contributed by atoms with Crippen molar-refractivity contribution in [2.24, 2.45) is 0 Å². The maximum Gasteiger partial charge on any atom is 0.248 e. The quantitative estimate of drug-likeness (QED) is 0.384. The van der Waals surface area contributed by atoms with E-state index in [0.717, 1.165) is 48.5 Å². The maximum absolute atomic E-state index is 15.2. The van der Waals surface area contributed by atoms with Crippen LogP contribution >= 0.6 is 0 Å². The molecule has 0 aliphatic carbocycles.